The fourth-order valence-corrected chi connectivity index (χ4v) is 4.55. The molecule has 198 valence electrons. The SMILES string of the molecule is Cc1ccc(CNC(CC(C)C)C(=O)OC2CCOCC2)cc1NC(c1c[nH]c(=O)c(C)c1)C(C)C. The Kier molecular flexibility index (Phi) is 10.1. The summed E-state index contributed by atoms with van der Waals surface area (Å²) in [7, 11) is 0. The van der Waals surface area contributed by atoms with Crippen LogP contribution in [0.15, 0.2) is 35.3 Å². The number of H-pyrrole nitrogens is 1. The molecule has 0 saturated carbocycles. The number of anilines is 1. The van der Waals surface area contributed by atoms with Gasteiger partial charge in [-0.3, -0.25) is 9.59 Å². The van der Waals surface area contributed by atoms with E-state index >= 15 is 0 Å². The predicted molar refractivity (Wildman–Crippen MR) is 144 cm³/mol. The Morgan fingerprint density at radius 1 is 1.11 bits per heavy atom. The normalized spacial score (nSPS) is 16.2. The van der Waals surface area contributed by atoms with Crippen molar-refractivity contribution in [2.45, 2.75) is 85.5 Å². The third-order valence-corrected chi connectivity index (χ3v) is 6.75. The highest BCUT2D eigenvalue weighted by Crippen LogP contribution is 2.28. The van der Waals surface area contributed by atoms with Crippen LogP contribution in [0.3, 0.4) is 0 Å². The molecule has 2 heterocycles. The average Bonchev–Trinajstić information content (AvgIpc) is 2.83. The molecule has 1 aromatic heterocycles. The third-order valence-electron chi connectivity index (χ3n) is 6.75. The quantitative estimate of drug-likeness (QED) is 0.377. The molecule has 2 unspecified atom stereocenters. The molecular weight excluding hydrogens is 454 g/mol. The first-order valence-electron chi connectivity index (χ1n) is 13.2. The molecule has 2 aromatic rings. The lowest BCUT2D eigenvalue weighted by atomic mass is 9.95. The number of aromatic nitrogens is 1. The maximum atomic E-state index is 13.0. The number of aromatic amines is 1. The van der Waals surface area contributed by atoms with Gasteiger partial charge in [-0.05, 0) is 60.9 Å². The Morgan fingerprint density at radius 2 is 1.83 bits per heavy atom. The van der Waals surface area contributed by atoms with Gasteiger partial charge in [-0.25, -0.2) is 0 Å². The van der Waals surface area contributed by atoms with E-state index < -0.39 is 0 Å². The number of benzene rings is 1. The van der Waals surface area contributed by atoms with Crippen molar-refractivity contribution < 1.29 is 14.3 Å². The minimum absolute atomic E-state index is 0.0469. The van der Waals surface area contributed by atoms with Crippen molar-refractivity contribution in [2.75, 3.05) is 18.5 Å². The molecule has 0 aliphatic carbocycles. The Bertz CT molecular complexity index is 1060. The molecule has 1 saturated heterocycles. The van der Waals surface area contributed by atoms with Crippen LogP contribution in [-0.2, 0) is 20.8 Å². The van der Waals surface area contributed by atoms with E-state index in [0.717, 1.165) is 41.6 Å². The number of carbonyl (C=O) groups excluding carboxylic acids is 1. The third kappa shape index (κ3) is 7.93. The molecule has 3 rings (SSSR count). The van der Waals surface area contributed by atoms with Crippen LogP contribution >= 0.6 is 0 Å². The Hall–Kier alpha value is -2.64. The lowest BCUT2D eigenvalue weighted by Gasteiger charge is -2.27. The van der Waals surface area contributed by atoms with Crippen molar-refractivity contribution in [3.8, 4) is 0 Å². The van der Waals surface area contributed by atoms with Gasteiger partial charge in [-0.15, -0.1) is 0 Å². The second-order valence-electron chi connectivity index (χ2n) is 10.8. The summed E-state index contributed by atoms with van der Waals surface area (Å²) in [6.45, 7) is 14.4. The minimum atomic E-state index is -0.349. The number of hydrogen-bond acceptors (Lipinski definition) is 6. The molecule has 1 aliphatic heterocycles. The fraction of sp³-hybridized carbons (Fsp3) is 0.586. The van der Waals surface area contributed by atoms with Gasteiger partial charge in [0.05, 0.1) is 19.3 Å². The van der Waals surface area contributed by atoms with E-state index in [-0.39, 0.29) is 29.7 Å². The highest BCUT2D eigenvalue weighted by molar-refractivity contribution is 5.76. The minimum Gasteiger partial charge on any atom is -0.461 e. The lowest BCUT2D eigenvalue weighted by molar-refractivity contribution is -0.156. The van der Waals surface area contributed by atoms with Crippen LogP contribution in [-0.4, -0.2) is 36.3 Å². The smallest absolute Gasteiger partial charge is 0.323 e. The van der Waals surface area contributed by atoms with Gasteiger partial charge < -0.3 is 25.1 Å². The summed E-state index contributed by atoms with van der Waals surface area (Å²) < 4.78 is 11.2. The standard InChI is InChI=1S/C29H43N3O4/c1-18(2)13-26(29(34)36-24-9-11-35-12-10-24)30-16-22-8-7-20(5)25(15-22)32-27(19(3)4)23-14-21(6)28(33)31-17-23/h7-8,14-15,17-19,24,26-27,30,32H,9-13,16H2,1-6H3,(H,31,33). The molecule has 2 atom stereocenters. The summed E-state index contributed by atoms with van der Waals surface area (Å²) in [5.41, 5.74) is 4.98. The summed E-state index contributed by atoms with van der Waals surface area (Å²) >= 11 is 0. The van der Waals surface area contributed by atoms with Gasteiger partial charge in [0.15, 0.2) is 0 Å². The summed E-state index contributed by atoms with van der Waals surface area (Å²) in [5.74, 6) is 0.508. The molecule has 36 heavy (non-hydrogen) atoms. The number of ether oxygens (including phenoxy) is 2. The van der Waals surface area contributed by atoms with Crippen LogP contribution in [0.1, 0.15) is 75.3 Å². The first-order chi connectivity index (χ1) is 17.1. The predicted octanol–water partition coefficient (Wildman–Crippen LogP) is 5.03. The average molecular weight is 498 g/mol. The van der Waals surface area contributed by atoms with Crippen LogP contribution in [0.5, 0.6) is 0 Å². The molecule has 7 heteroatoms. The molecule has 0 bridgehead atoms. The van der Waals surface area contributed by atoms with Gasteiger partial charge >= 0.3 is 5.97 Å². The zero-order valence-corrected chi connectivity index (χ0v) is 22.6. The Labute approximate surface area is 215 Å². The molecule has 1 aromatic carbocycles. The van der Waals surface area contributed by atoms with Crippen molar-refractivity contribution in [3.63, 3.8) is 0 Å². The van der Waals surface area contributed by atoms with Crippen molar-refractivity contribution in [3.05, 3.63) is 63.1 Å². The van der Waals surface area contributed by atoms with Gasteiger partial charge in [-0.2, -0.15) is 0 Å². The number of nitrogens with one attached hydrogen (secondary N) is 3. The zero-order valence-electron chi connectivity index (χ0n) is 22.6. The van der Waals surface area contributed by atoms with Crippen LogP contribution in [0.4, 0.5) is 5.69 Å². The van der Waals surface area contributed by atoms with Crippen molar-refractivity contribution in [2.24, 2.45) is 11.8 Å². The molecule has 3 N–H and O–H groups in total. The first-order valence-corrected chi connectivity index (χ1v) is 13.2. The van der Waals surface area contributed by atoms with E-state index in [9.17, 15) is 9.59 Å². The van der Waals surface area contributed by atoms with Gasteiger partial charge in [-0.1, -0.05) is 39.8 Å². The Morgan fingerprint density at radius 3 is 2.47 bits per heavy atom. The van der Waals surface area contributed by atoms with Crippen LogP contribution in [0, 0.1) is 25.7 Å². The van der Waals surface area contributed by atoms with E-state index in [2.05, 4.69) is 68.4 Å². The molecule has 0 spiro atoms. The highest BCUT2D eigenvalue weighted by Gasteiger charge is 2.25. The molecule has 1 aliphatic rings. The second-order valence-corrected chi connectivity index (χ2v) is 10.8. The molecular formula is C29H43N3O4. The van der Waals surface area contributed by atoms with E-state index in [1.807, 2.05) is 13.0 Å². The van der Waals surface area contributed by atoms with Gasteiger partial charge in [0.1, 0.15) is 12.1 Å². The first kappa shape index (κ1) is 27.9. The fourth-order valence-electron chi connectivity index (χ4n) is 4.55. The molecule has 7 nitrogen and oxygen atoms in total. The summed E-state index contributed by atoms with van der Waals surface area (Å²) in [6.07, 6.45) is 3.99. The number of rotatable bonds is 11. The Balaban J connectivity index is 1.71. The number of pyridine rings is 1. The van der Waals surface area contributed by atoms with Gasteiger partial charge in [0, 0.05) is 36.8 Å². The van der Waals surface area contributed by atoms with Gasteiger partial charge in [0.2, 0.25) is 0 Å². The number of aryl methyl sites for hydroxylation is 2. The largest absolute Gasteiger partial charge is 0.461 e. The number of carbonyl (C=O) groups is 1. The van der Waals surface area contributed by atoms with Crippen LogP contribution in [0.25, 0.3) is 0 Å². The van der Waals surface area contributed by atoms with Crippen molar-refractivity contribution >= 4 is 11.7 Å². The van der Waals surface area contributed by atoms with Crippen LogP contribution in [0.2, 0.25) is 0 Å². The number of hydrogen-bond donors (Lipinski definition) is 3. The van der Waals surface area contributed by atoms with Crippen molar-refractivity contribution in [1.29, 1.82) is 0 Å². The maximum absolute atomic E-state index is 13.0. The summed E-state index contributed by atoms with van der Waals surface area (Å²) in [5, 5.41) is 7.15. The summed E-state index contributed by atoms with van der Waals surface area (Å²) in [6, 6.07) is 8.00. The van der Waals surface area contributed by atoms with E-state index in [0.29, 0.717) is 37.2 Å². The molecule has 0 radical (unpaired) electrons. The summed E-state index contributed by atoms with van der Waals surface area (Å²) in [4.78, 5) is 27.7. The zero-order chi connectivity index (χ0) is 26.2. The lowest BCUT2D eigenvalue weighted by Crippen LogP contribution is -2.41. The topological polar surface area (TPSA) is 92.4 Å². The van der Waals surface area contributed by atoms with E-state index in [4.69, 9.17) is 9.47 Å². The van der Waals surface area contributed by atoms with E-state index in [1.54, 1.807) is 6.20 Å². The second kappa shape index (κ2) is 13.1. The highest BCUT2D eigenvalue weighted by atomic mass is 16.6. The van der Waals surface area contributed by atoms with E-state index in [1.165, 1.54) is 0 Å². The van der Waals surface area contributed by atoms with Crippen molar-refractivity contribution in [1.82, 2.24) is 10.3 Å². The monoisotopic (exact) mass is 497 g/mol. The molecule has 1 fully saturated rings. The maximum Gasteiger partial charge on any atom is 0.323 e. The van der Waals surface area contributed by atoms with Gasteiger partial charge in [0.25, 0.3) is 5.56 Å². The van der Waals surface area contributed by atoms with Crippen LogP contribution < -0.4 is 16.2 Å². The number of esters is 1. The molecule has 0 amide bonds.